The number of hydrogen-bond acceptors (Lipinski definition) is 4. The molecule has 0 saturated carbocycles. The van der Waals surface area contributed by atoms with Gasteiger partial charge in [-0.2, -0.15) is 5.53 Å². The Morgan fingerprint density at radius 3 is 3.00 bits per heavy atom. The molecule has 6 nitrogen and oxygen atoms in total. The fourth-order valence-electron chi connectivity index (χ4n) is 1.60. The Balaban J connectivity index is 2.07. The van der Waals surface area contributed by atoms with Gasteiger partial charge >= 0.3 is 5.97 Å². The molecule has 2 atom stereocenters. The van der Waals surface area contributed by atoms with Crippen LogP contribution in [0.2, 0.25) is 0 Å². The van der Waals surface area contributed by atoms with E-state index in [1.54, 1.807) is 0 Å². The molecule has 2 rings (SSSR count). The SMILES string of the molecule is O=C(O)CC1NNNC1c1cc[nH]c1. The molecule has 14 heavy (non-hydrogen) atoms. The van der Waals surface area contributed by atoms with Gasteiger partial charge in [-0.1, -0.05) is 0 Å². The molecule has 1 aromatic heterocycles. The van der Waals surface area contributed by atoms with E-state index in [-0.39, 0.29) is 18.5 Å². The number of aliphatic carboxylic acids is 1. The number of hydrazine groups is 2. The van der Waals surface area contributed by atoms with Crippen LogP contribution in [0.15, 0.2) is 18.5 Å². The molecule has 1 fully saturated rings. The molecule has 0 aromatic carbocycles. The van der Waals surface area contributed by atoms with Crippen molar-refractivity contribution in [3.63, 3.8) is 0 Å². The fraction of sp³-hybridized carbons (Fsp3) is 0.375. The van der Waals surface area contributed by atoms with Crippen LogP contribution in [0.4, 0.5) is 0 Å². The predicted molar refractivity (Wildman–Crippen MR) is 49.0 cm³/mol. The van der Waals surface area contributed by atoms with E-state index >= 15 is 0 Å². The first-order valence-electron chi connectivity index (χ1n) is 4.38. The summed E-state index contributed by atoms with van der Waals surface area (Å²) >= 11 is 0. The zero-order valence-corrected chi connectivity index (χ0v) is 7.45. The van der Waals surface area contributed by atoms with Gasteiger partial charge in [0.15, 0.2) is 0 Å². The Kier molecular flexibility index (Phi) is 2.49. The topological polar surface area (TPSA) is 89.2 Å². The van der Waals surface area contributed by atoms with Crippen LogP contribution in [0.1, 0.15) is 18.0 Å². The van der Waals surface area contributed by atoms with Crippen LogP contribution in [-0.4, -0.2) is 22.1 Å². The van der Waals surface area contributed by atoms with Gasteiger partial charge in [0.2, 0.25) is 0 Å². The summed E-state index contributed by atoms with van der Waals surface area (Å²) in [6.07, 6.45) is 3.74. The van der Waals surface area contributed by atoms with E-state index in [1.165, 1.54) is 0 Å². The van der Waals surface area contributed by atoms with Crippen LogP contribution in [0.5, 0.6) is 0 Å². The standard InChI is InChI=1S/C8H12N4O2/c13-7(14)3-6-8(11-12-10-6)5-1-2-9-4-5/h1-2,4,6,8-12H,3H2,(H,13,14). The van der Waals surface area contributed by atoms with Crippen molar-refractivity contribution in [1.29, 1.82) is 0 Å². The largest absolute Gasteiger partial charge is 0.481 e. The van der Waals surface area contributed by atoms with E-state index in [2.05, 4.69) is 21.4 Å². The maximum absolute atomic E-state index is 10.6. The van der Waals surface area contributed by atoms with E-state index in [1.807, 2.05) is 18.5 Å². The van der Waals surface area contributed by atoms with E-state index < -0.39 is 5.97 Å². The van der Waals surface area contributed by atoms with Crippen LogP contribution in [-0.2, 0) is 4.79 Å². The molecule has 1 aliphatic heterocycles. The molecule has 2 unspecified atom stereocenters. The highest BCUT2D eigenvalue weighted by atomic mass is 16.4. The van der Waals surface area contributed by atoms with Crippen LogP contribution in [0, 0.1) is 0 Å². The van der Waals surface area contributed by atoms with Gasteiger partial charge in [-0.3, -0.25) is 4.79 Å². The second-order valence-corrected chi connectivity index (χ2v) is 3.24. The summed E-state index contributed by atoms with van der Waals surface area (Å²) in [6.45, 7) is 0. The highest BCUT2D eigenvalue weighted by molar-refractivity contribution is 5.67. The lowest BCUT2D eigenvalue weighted by Gasteiger charge is -2.14. The molecule has 1 aromatic rings. The normalized spacial score (nSPS) is 26.6. The second kappa shape index (κ2) is 3.79. The highest BCUT2D eigenvalue weighted by Crippen LogP contribution is 2.19. The molecule has 0 radical (unpaired) electrons. The van der Waals surface area contributed by atoms with Crippen molar-refractivity contribution in [2.75, 3.05) is 0 Å². The maximum Gasteiger partial charge on any atom is 0.305 e. The molecule has 0 bridgehead atoms. The first kappa shape index (κ1) is 9.20. The van der Waals surface area contributed by atoms with Gasteiger partial charge in [0.1, 0.15) is 0 Å². The molecule has 6 heteroatoms. The predicted octanol–water partition coefficient (Wildman–Crippen LogP) is -0.488. The Morgan fingerprint density at radius 1 is 1.50 bits per heavy atom. The number of aromatic nitrogens is 1. The molecule has 76 valence electrons. The van der Waals surface area contributed by atoms with Gasteiger partial charge in [0.05, 0.1) is 18.5 Å². The Bertz CT molecular complexity index is 311. The number of carboxylic acids is 1. The first-order valence-corrected chi connectivity index (χ1v) is 4.38. The maximum atomic E-state index is 10.6. The van der Waals surface area contributed by atoms with Crippen molar-refractivity contribution in [3.05, 3.63) is 24.0 Å². The lowest BCUT2D eigenvalue weighted by atomic mass is 10.0. The number of rotatable bonds is 3. The van der Waals surface area contributed by atoms with Gasteiger partial charge in [-0.25, -0.2) is 10.9 Å². The Morgan fingerprint density at radius 2 is 2.36 bits per heavy atom. The molecular formula is C8H12N4O2. The van der Waals surface area contributed by atoms with Gasteiger partial charge in [0.25, 0.3) is 0 Å². The monoisotopic (exact) mass is 196 g/mol. The second-order valence-electron chi connectivity index (χ2n) is 3.24. The summed E-state index contributed by atoms with van der Waals surface area (Å²) in [7, 11) is 0. The van der Waals surface area contributed by atoms with Gasteiger partial charge in [-0.15, -0.1) is 0 Å². The van der Waals surface area contributed by atoms with Gasteiger partial charge in [-0.05, 0) is 11.6 Å². The minimum absolute atomic E-state index is 0.0163. The number of nitrogens with one attached hydrogen (secondary N) is 4. The first-order chi connectivity index (χ1) is 6.77. The summed E-state index contributed by atoms with van der Waals surface area (Å²) in [4.78, 5) is 13.5. The number of H-pyrrole nitrogens is 1. The minimum atomic E-state index is -0.812. The number of aromatic amines is 1. The van der Waals surface area contributed by atoms with Crippen molar-refractivity contribution < 1.29 is 9.90 Å². The average molecular weight is 196 g/mol. The van der Waals surface area contributed by atoms with Crippen molar-refractivity contribution in [1.82, 2.24) is 21.4 Å². The lowest BCUT2D eigenvalue weighted by Crippen LogP contribution is -2.34. The van der Waals surface area contributed by atoms with E-state index in [9.17, 15) is 4.79 Å². The number of carboxylic acid groups (broad SMARTS) is 1. The smallest absolute Gasteiger partial charge is 0.305 e. The van der Waals surface area contributed by atoms with E-state index in [4.69, 9.17) is 5.11 Å². The summed E-state index contributed by atoms with van der Waals surface area (Å²) in [6, 6.07) is 1.77. The zero-order chi connectivity index (χ0) is 9.97. The fourth-order valence-corrected chi connectivity index (χ4v) is 1.60. The van der Waals surface area contributed by atoms with Crippen molar-refractivity contribution >= 4 is 5.97 Å². The summed E-state index contributed by atoms with van der Waals surface area (Å²) in [5.41, 5.74) is 9.62. The molecule has 0 amide bonds. The van der Waals surface area contributed by atoms with Crippen molar-refractivity contribution in [2.24, 2.45) is 0 Å². The van der Waals surface area contributed by atoms with Crippen LogP contribution in [0.3, 0.4) is 0 Å². The highest BCUT2D eigenvalue weighted by Gasteiger charge is 2.29. The van der Waals surface area contributed by atoms with Crippen LogP contribution < -0.4 is 16.4 Å². The third-order valence-corrected chi connectivity index (χ3v) is 2.26. The van der Waals surface area contributed by atoms with Crippen molar-refractivity contribution in [3.8, 4) is 0 Å². The Labute approximate surface area is 80.6 Å². The molecule has 0 aliphatic carbocycles. The lowest BCUT2D eigenvalue weighted by molar-refractivity contribution is -0.137. The summed E-state index contributed by atoms with van der Waals surface area (Å²) < 4.78 is 0. The minimum Gasteiger partial charge on any atom is -0.481 e. The summed E-state index contributed by atoms with van der Waals surface area (Å²) in [5, 5.41) is 8.69. The van der Waals surface area contributed by atoms with E-state index in [0.717, 1.165) is 5.56 Å². The third-order valence-electron chi connectivity index (χ3n) is 2.26. The van der Waals surface area contributed by atoms with Crippen LogP contribution in [0.25, 0.3) is 0 Å². The number of hydrogen-bond donors (Lipinski definition) is 5. The molecule has 5 N–H and O–H groups in total. The molecule has 0 spiro atoms. The van der Waals surface area contributed by atoms with E-state index in [0.29, 0.717) is 0 Å². The average Bonchev–Trinajstić information content (AvgIpc) is 2.70. The zero-order valence-electron chi connectivity index (χ0n) is 7.45. The number of carbonyl (C=O) groups is 1. The van der Waals surface area contributed by atoms with Gasteiger partial charge < -0.3 is 10.1 Å². The summed E-state index contributed by atoms with van der Waals surface area (Å²) in [5.74, 6) is -0.812. The molecule has 1 saturated heterocycles. The molecular weight excluding hydrogens is 184 g/mol. The van der Waals surface area contributed by atoms with Gasteiger partial charge in [0, 0.05) is 12.4 Å². The van der Waals surface area contributed by atoms with Crippen molar-refractivity contribution in [2.45, 2.75) is 18.5 Å². The van der Waals surface area contributed by atoms with Crippen LogP contribution >= 0.6 is 0 Å². The Hall–Kier alpha value is -1.37. The molecule has 2 heterocycles. The quantitative estimate of drug-likeness (QED) is 0.450. The molecule has 1 aliphatic rings. The third kappa shape index (κ3) is 1.77.